The number of hydrogen-bond donors (Lipinski definition) is 0. The van der Waals surface area contributed by atoms with Crippen molar-refractivity contribution in [2.24, 2.45) is 0 Å². The molecule has 2 aromatic heterocycles. The smallest absolute Gasteiger partial charge is 0.164 e. The Morgan fingerprint density at radius 1 is 0.413 bits per heavy atom. The lowest BCUT2D eigenvalue weighted by Crippen LogP contribution is -2.00. The molecule has 0 fully saturated rings. The van der Waals surface area contributed by atoms with Crippen molar-refractivity contribution in [3.63, 3.8) is 0 Å². The van der Waals surface area contributed by atoms with Crippen LogP contribution in [-0.2, 0) is 0 Å². The number of hydrogen-bond acceptors (Lipinski definition) is 4. The molecule has 0 saturated carbocycles. The minimum absolute atomic E-state index is 0.613. The van der Waals surface area contributed by atoms with Crippen LogP contribution in [0.4, 0.5) is 0 Å². The van der Waals surface area contributed by atoms with Gasteiger partial charge in [-0.2, -0.15) is 0 Å². The summed E-state index contributed by atoms with van der Waals surface area (Å²) in [5.41, 5.74) is 8.04. The van der Waals surface area contributed by atoms with E-state index >= 15 is 0 Å². The molecule has 0 unspecified atom stereocenters. The monoisotopic (exact) mass is 589 g/mol. The topological polar surface area (TPSA) is 51.8 Å². The maximum atomic E-state index is 6.18. The van der Waals surface area contributed by atoms with Crippen LogP contribution in [0.2, 0.25) is 0 Å². The summed E-state index contributed by atoms with van der Waals surface area (Å²) in [4.78, 5) is 15.0. The van der Waals surface area contributed by atoms with Gasteiger partial charge in [-0.1, -0.05) is 127 Å². The van der Waals surface area contributed by atoms with Crippen molar-refractivity contribution >= 4 is 43.5 Å². The van der Waals surface area contributed by atoms with E-state index in [4.69, 9.17) is 19.4 Å². The second-order valence-corrected chi connectivity index (χ2v) is 11.7. The Morgan fingerprint density at radius 2 is 1.04 bits per heavy atom. The lowest BCUT2D eigenvalue weighted by molar-refractivity contribution is 0.669. The molecule has 7 aromatic carbocycles. The van der Waals surface area contributed by atoms with Gasteiger partial charge in [0.05, 0.1) is 0 Å². The Bertz CT molecular complexity index is 2590. The Balaban J connectivity index is 1.18. The molecule has 0 amide bonds. The molecule has 0 bridgehead atoms. The van der Waals surface area contributed by atoms with Crippen molar-refractivity contribution in [2.45, 2.75) is 6.92 Å². The molecular weight excluding hydrogens is 562 g/mol. The molecule has 0 N–H and O–H groups in total. The number of furan rings is 1. The molecular formula is C42H27N3O. The molecule has 46 heavy (non-hydrogen) atoms. The molecule has 0 spiro atoms. The number of rotatable bonds is 4. The van der Waals surface area contributed by atoms with Gasteiger partial charge in [0, 0.05) is 27.5 Å². The Labute approximate surface area is 265 Å². The van der Waals surface area contributed by atoms with Crippen molar-refractivity contribution in [3.05, 3.63) is 151 Å². The first kappa shape index (κ1) is 26.3. The highest BCUT2D eigenvalue weighted by molar-refractivity contribution is 6.12. The summed E-state index contributed by atoms with van der Waals surface area (Å²) in [6.45, 7) is 2.17. The number of aryl methyl sites for hydroxylation is 1. The van der Waals surface area contributed by atoms with Gasteiger partial charge in [0.15, 0.2) is 17.5 Å². The first-order valence-corrected chi connectivity index (χ1v) is 15.4. The number of nitrogens with zero attached hydrogens (tertiary/aromatic N) is 3. The van der Waals surface area contributed by atoms with Gasteiger partial charge in [-0.05, 0) is 63.4 Å². The van der Waals surface area contributed by atoms with Crippen molar-refractivity contribution in [1.29, 1.82) is 0 Å². The standard InChI is InChI=1S/C42H27N3O/c1-26-9-7-13-33-32(26)24-23-28-19-22-31(25-36(28)33)27-17-20-30(21-18-27)41-43-40(29-10-3-2-4-11-29)44-42(45-41)35-14-8-16-38-39(35)34-12-5-6-15-37(34)46-38/h2-25H,1H3. The van der Waals surface area contributed by atoms with E-state index in [-0.39, 0.29) is 0 Å². The zero-order valence-corrected chi connectivity index (χ0v) is 25.1. The minimum Gasteiger partial charge on any atom is -0.456 e. The Morgan fingerprint density at radius 3 is 1.89 bits per heavy atom. The summed E-state index contributed by atoms with van der Waals surface area (Å²) in [6.07, 6.45) is 0. The number of para-hydroxylation sites is 1. The quantitative estimate of drug-likeness (QED) is 0.192. The van der Waals surface area contributed by atoms with Gasteiger partial charge in [-0.15, -0.1) is 0 Å². The number of benzene rings is 7. The second-order valence-electron chi connectivity index (χ2n) is 11.7. The molecule has 216 valence electrons. The molecule has 4 nitrogen and oxygen atoms in total. The van der Waals surface area contributed by atoms with Gasteiger partial charge in [-0.25, -0.2) is 15.0 Å². The van der Waals surface area contributed by atoms with Crippen LogP contribution in [0.5, 0.6) is 0 Å². The summed E-state index contributed by atoms with van der Waals surface area (Å²) in [7, 11) is 0. The van der Waals surface area contributed by atoms with Gasteiger partial charge in [0.2, 0.25) is 0 Å². The third-order valence-corrected chi connectivity index (χ3v) is 8.88. The summed E-state index contributed by atoms with van der Waals surface area (Å²) in [5.74, 6) is 1.87. The van der Waals surface area contributed by atoms with Crippen molar-refractivity contribution < 1.29 is 4.42 Å². The van der Waals surface area contributed by atoms with E-state index in [1.165, 1.54) is 32.7 Å². The number of fused-ring (bicyclic) bond motifs is 6. The maximum Gasteiger partial charge on any atom is 0.164 e. The van der Waals surface area contributed by atoms with E-state index in [9.17, 15) is 0 Å². The molecule has 0 aliphatic carbocycles. The normalized spacial score (nSPS) is 11.6. The van der Waals surface area contributed by atoms with Gasteiger partial charge in [-0.3, -0.25) is 0 Å². The fraction of sp³-hybridized carbons (Fsp3) is 0.0238. The highest BCUT2D eigenvalue weighted by Gasteiger charge is 2.17. The summed E-state index contributed by atoms with van der Waals surface area (Å²) in [5, 5.41) is 7.12. The van der Waals surface area contributed by atoms with Crippen LogP contribution in [0.1, 0.15) is 5.56 Å². The van der Waals surface area contributed by atoms with Crippen LogP contribution < -0.4 is 0 Å². The van der Waals surface area contributed by atoms with Crippen LogP contribution in [0.15, 0.2) is 150 Å². The predicted molar refractivity (Wildman–Crippen MR) is 189 cm³/mol. The molecule has 0 aliphatic heterocycles. The molecule has 9 rings (SSSR count). The fourth-order valence-electron chi connectivity index (χ4n) is 6.54. The molecule has 2 heterocycles. The minimum atomic E-state index is 0.613. The summed E-state index contributed by atoms with van der Waals surface area (Å²) < 4.78 is 6.18. The SMILES string of the molecule is Cc1cccc2c1ccc1ccc(-c3ccc(-c4nc(-c5ccccc5)nc(-c5cccc6oc7ccccc7c56)n4)cc3)cc12. The lowest BCUT2D eigenvalue weighted by Gasteiger charge is -2.11. The van der Waals surface area contributed by atoms with Crippen LogP contribution >= 0.6 is 0 Å². The average molecular weight is 590 g/mol. The molecule has 9 aromatic rings. The van der Waals surface area contributed by atoms with Gasteiger partial charge < -0.3 is 4.42 Å². The molecule has 0 radical (unpaired) electrons. The zero-order valence-electron chi connectivity index (χ0n) is 25.1. The van der Waals surface area contributed by atoms with Crippen LogP contribution in [0.25, 0.3) is 88.8 Å². The van der Waals surface area contributed by atoms with E-state index in [0.717, 1.165) is 44.2 Å². The summed E-state index contributed by atoms with van der Waals surface area (Å²) >= 11 is 0. The van der Waals surface area contributed by atoms with E-state index < -0.39 is 0 Å². The van der Waals surface area contributed by atoms with Crippen LogP contribution in [0.3, 0.4) is 0 Å². The van der Waals surface area contributed by atoms with Gasteiger partial charge >= 0.3 is 0 Å². The molecule has 0 aliphatic rings. The van der Waals surface area contributed by atoms with Gasteiger partial charge in [0.1, 0.15) is 11.2 Å². The highest BCUT2D eigenvalue weighted by atomic mass is 16.3. The van der Waals surface area contributed by atoms with E-state index in [1.54, 1.807) is 0 Å². The van der Waals surface area contributed by atoms with E-state index in [1.807, 2.05) is 60.7 Å². The molecule has 0 saturated heterocycles. The lowest BCUT2D eigenvalue weighted by atomic mass is 9.95. The molecule has 4 heteroatoms. The zero-order chi connectivity index (χ0) is 30.6. The van der Waals surface area contributed by atoms with Crippen LogP contribution in [0, 0.1) is 6.92 Å². The van der Waals surface area contributed by atoms with Crippen molar-refractivity contribution in [3.8, 4) is 45.3 Å². The first-order valence-electron chi connectivity index (χ1n) is 15.4. The maximum absolute atomic E-state index is 6.18. The summed E-state index contributed by atoms with van der Waals surface area (Å²) in [6, 6.07) is 50.4. The predicted octanol–water partition coefficient (Wildman–Crippen LogP) is 11.1. The average Bonchev–Trinajstić information content (AvgIpc) is 3.51. The first-order chi connectivity index (χ1) is 22.7. The third-order valence-electron chi connectivity index (χ3n) is 8.88. The highest BCUT2D eigenvalue weighted by Crippen LogP contribution is 2.37. The van der Waals surface area contributed by atoms with E-state index in [2.05, 4.69) is 91.9 Å². The van der Waals surface area contributed by atoms with Crippen molar-refractivity contribution in [2.75, 3.05) is 0 Å². The second kappa shape index (κ2) is 10.5. The van der Waals surface area contributed by atoms with Crippen LogP contribution in [-0.4, -0.2) is 15.0 Å². The Kier molecular flexibility index (Phi) is 6.00. The van der Waals surface area contributed by atoms with Crippen molar-refractivity contribution in [1.82, 2.24) is 15.0 Å². The van der Waals surface area contributed by atoms with Gasteiger partial charge in [0.25, 0.3) is 0 Å². The van der Waals surface area contributed by atoms with E-state index in [0.29, 0.717) is 17.5 Å². The number of aromatic nitrogens is 3. The molecule has 0 atom stereocenters. The Hall–Kier alpha value is -6.13. The largest absolute Gasteiger partial charge is 0.456 e. The fourth-order valence-corrected chi connectivity index (χ4v) is 6.54. The third kappa shape index (κ3) is 4.34.